The summed E-state index contributed by atoms with van der Waals surface area (Å²) in [6, 6.07) is 6.11. The average Bonchev–Trinajstić information content (AvgIpc) is 3.27. The lowest BCUT2D eigenvalue weighted by Crippen LogP contribution is -2.32. The standard InChI is InChI=1S/C18H21N5O3.ClH/c24-18(21-7-5-13-9-19-10-14(13)6-8-21)15-11-20-22(12-15)16-1-3-17(4-2-16)23(25)26;/h1-4,11-14,19H,5-10H2;1H/t13-,14+;. The highest BCUT2D eigenvalue weighted by Crippen LogP contribution is 2.27. The van der Waals surface area contributed by atoms with Gasteiger partial charge in [0.25, 0.3) is 11.6 Å². The van der Waals surface area contributed by atoms with Crippen LogP contribution in [0.4, 0.5) is 5.69 Å². The summed E-state index contributed by atoms with van der Waals surface area (Å²) in [5, 5.41) is 18.4. The molecule has 0 aliphatic carbocycles. The lowest BCUT2D eigenvalue weighted by molar-refractivity contribution is -0.384. The zero-order valence-electron chi connectivity index (χ0n) is 14.8. The molecule has 2 aromatic rings. The molecule has 2 atom stereocenters. The van der Waals surface area contributed by atoms with Gasteiger partial charge in [0.15, 0.2) is 0 Å². The van der Waals surface area contributed by atoms with Crippen molar-refractivity contribution < 1.29 is 9.72 Å². The largest absolute Gasteiger partial charge is 0.339 e. The Hall–Kier alpha value is -2.45. The molecule has 0 spiro atoms. The molecule has 0 radical (unpaired) electrons. The van der Waals surface area contributed by atoms with Crippen molar-refractivity contribution in [1.82, 2.24) is 20.0 Å². The first-order valence-corrected chi connectivity index (χ1v) is 8.91. The second-order valence-corrected chi connectivity index (χ2v) is 7.00. The van der Waals surface area contributed by atoms with Gasteiger partial charge in [0.2, 0.25) is 0 Å². The number of non-ortho nitro benzene ring substituents is 1. The Labute approximate surface area is 163 Å². The van der Waals surface area contributed by atoms with Gasteiger partial charge in [0, 0.05) is 31.4 Å². The predicted octanol–water partition coefficient (Wildman–Crippen LogP) is 2.27. The van der Waals surface area contributed by atoms with Crippen LogP contribution in [0.3, 0.4) is 0 Å². The van der Waals surface area contributed by atoms with Gasteiger partial charge < -0.3 is 10.2 Å². The number of hydrogen-bond donors (Lipinski definition) is 1. The van der Waals surface area contributed by atoms with Crippen LogP contribution in [0.5, 0.6) is 0 Å². The minimum atomic E-state index is -0.438. The number of carbonyl (C=O) groups is 1. The van der Waals surface area contributed by atoms with E-state index in [9.17, 15) is 14.9 Å². The highest BCUT2D eigenvalue weighted by molar-refractivity contribution is 5.93. The Morgan fingerprint density at radius 2 is 1.78 bits per heavy atom. The van der Waals surface area contributed by atoms with E-state index in [2.05, 4.69) is 10.4 Å². The van der Waals surface area contributed by atoms with Crippen molar-refractivity contribution in [2.45, 2.75) is 12.8 Å². The maximum Gasteiger partial charge on any atom is 0.269 e. The van der Waals surface area contributed by atoms with Gasteiger partial charge in [-0.1, -0.05) is 0 Å². The van der Waals surface area contributed by atoms with E-state index in [4.69, 9.17) is 0 Å². The third-order valence-corrected chi connectivity index (χ3v) is 5.46. The van der Waals surface area contributed by atoms with Crippen LogP contribution in [-0.4, -0.2) is 51.7 Å². The molecule has 27 heavy (non-hydrogen) atoms. The Morgan fingerprint density at radius 3 is 2.37 bits per heavy atom. The molecule has 2 aliphatic rings. The van der Waals surface area contributed by atoms with Gasteiger partial charge in [-0.3, -0.25) is 14.9 Å². The van der Waals surface area contributed by atoms with Gasteiger partial charge in [0.05, 0.1) is 22.4 Å². The Balaban J connectivity index is 0.00000210. The molecule has 2 aliphatic heterocycles. The number of carbonyl (C=O) groups excluding carboxylic acids is 1. The molecule has 8 nitrogen and oxygen atoms in total. The van der Waals surface area contributed by atoms with E-state index >= 15 is 0 Å². The fraction of sp³-hybridized carbons (Fsp3) is 0.444. The molecule has 1 N–H and O–H groups in total. The van der Waals surface area contributed by atoms with E-state index in [1.54, 1.807) is 29.2 Å². The summed E-state index contributed by atoms with van der Waals surface area (Å²) in [5.41, 5.74) is 1.27. The first-order valence-electron chi connectivity index (χ1n) is 8.91. The normalized spacial score (nSPS) is 21.9. The summed E-state index contributed by atoms with van der Waals surface area (Å²) < 4.78 is 1.58. The summed E-state index contributed by atoms with van der Waals surface area (Å²) in [7, 11) is 0. The number of halogens is 1. The fourth-order valence-electron chi connectivity index (χ4n) is 3.91. The number of nitro groups is 1. The summed E-state index contributed by atoms with van der Waals surface area (Å²) in [6.07, 6.45) is 5.34. The van der Waals surface area contributed by atoms with Gasteiger partial charge in [-0.2, -0.15) is 5.10 Å². The maximum atomic E-state index is 12.8. The van der Waals surface area contributed by atoms with Crippen LogP contribution in [0.25, 0.3) is 5.69 Å². The average molecular weight is 392 g/mol. The Kier molecular flexibility index (Phi) is 5.76. The number of hydrogen-bond acceptors (Lipinski definition) is 5. The smallest absolute Gasteiger partial charge is 0.269 e. The molecule has 1 amide bonds. The van der Waals surface area contributed by atoms with Crippen molar-refractivity contribution in [2.75, 3.05) is 26.2 Å². The van der Waals surface area contributed by atoms with Crippen LogP contribution in [0, 0.1) is 22.0 Å². The molecule has 1 aromatic carbocycles. The second-order valence-electron chi connectivity index (χ2n) is 7.00. The molecule has 144 valence electrons. The number of fused-ring (bicyclic) bond motifs is 1. The second kappa shape index (κ2) is 8.06. The van der Waals surface area contributed by atoms with Gasteiger partial charge >= 0.3 is 0 Å². The molecule has 0 saturated carbocycles. The van der Waals surface area contributed by atoms with E-state index in [1.165, 1.54) is 12.1 Å². The van der Waals surface area contributed by atoms with Crippen molar-refractivity contribution in [3.05, 3.63) is 52.3 Å². The number of benzene rings is 1. The molecule has 9 heteroatoms. The van der Waals surface area contributed by atoms with Crippen LogP contribution < -0.4 is 5.32 Å². The summed E-state index contributed by atoms with van der Waals surface area (Å²) >= 11 is 0. The van der Waals surface area contributed by atoms with Gasteiger partial charge in [0.1, 0.15) is 0 Å². The third-order valence-electron chi connectivity index (χ3n) is 5.46. The van der Waals surface area contributed by atoms with Crippen molar-refractivity contribution in [3.63, 3.8) is 0 Å². The monoisotopic (exact) mass is 391 g/mol. The fourth-order valence-corrected chi connectivity index (χ4v) is 3.91. The minimum absolute atomic E-state index is 0. The highest BCUT2D eigenvalue weighted by atomic mass is 35.5. The van der Waals surface area contributed by atoms with Crippen molar-refractivity contribution in [3.8, 4) is 5.69 Å². The lowest BCUT2D eigenvalue weighted by atomic mass is 9.92. The van der Waals surface area contributed by atoms with Crippen LogP contribution >= 0.6 is 12.4 Å². The van der Waals surface area contributed by atoms with Gasteiger partial charge in [-0.25, -0.2) is 4.68 Å². The van der Waals surface area contributed by atoms with Crippen LogP contribution in [0.15, 0.2) is 36.7 Å². The number of nitro benzene ring substituents is 1. The number of nitrogens with zero attached hydrogens (tertiary/aromatic N) is 4. The lowest BCUT2D eigenvalue weighted by Gasteiger charge is -2.20. The topological polar surface area (TPSA) is 93.3 Å². The van der Waals surface area contributed by atoms with Crippen molar-refractivity contribution in [2.24, 2.45) is 11.8 Å². The first-order chi connectivity index (χ1) is 12.6. The summed E-state index contributed by atoms with van der Waals surface area (Å²) in [4.78, 5) is 25.1. The summed E-state index contributed by atoms with van der Waals surface area (Å²) in [6.45, 7) is 3.68. The zero-order chi connectivity index (χ0) is 18.1. The highest BCUT2D eigenvalue weighted by Gasteiger charge is 2.31. The molecular weight excluding hydrogens is 370 g/mol. The van der Waals surface area contributed by atoms with Crippen molar-refractivity contribution >= 4 is 24.0 Å². The number of rotatable bonds is 3. The molecule has 0 unspecified atom stereocenters. The van der Waals surface area contributed by atoms with E-state index in [1.807, 2.05) is 4.90 Å². The summed E-state index contributed by atoms with van der Waals surface area (Å²) in [5.74, 6) is 1.36. The minimum Gasteiger partial charge on any atom is -0.339 e. The Bertz CT molecular complexity index is 809. The van der Waals surface area contributed by atoms with Crippen LogP contribution in [0.2, 0.25) is 0 Å². The molecule has 0 bridgehead atoms. The Morgan fingerprint density at radius 1 is 1.15 bits per heavy atom. The molecule has 3 heterocycles. The SMILES string of the molecule is Cl.O=C(c1cnn(-c2ccc([N+](=O)[O-])cc2)c1)N1CC[C@@H]2CNC[C@@H]2CC1. The zero-order valence-corrected chi connectivity index (χ0v) is 15.6. The maximum absolute atomic E-state index is 12.8. The number of amides is 1. The number of likely N-dealkylation sites (tertiary alicyclic amines) is 1. The van der Waals surface area contributed by atoms with E-state index in [0.29, 0.717) is 23.1 Å². The van der Waals surface area contributed by atoms with E-state index in [-0.39, 0.29) is 24.0 Å². The number of nitrogens with one attached hydrogen (secondary N) is 1. The van der Waals surface area contributed by atoms with Crippen LogP contribution in [-0.2, 0) is 0 Å². The molecule has 1 aromatic heterocycles. The first kappa shape index (κ1) is 19.3. The quantitative estimate of drug-likeness (QED) is 0.640. The van der Waals surface area contributed by atoms with E-state index in [0.717, 1.165) is 39.0 Å². The van der Waals surface area contributed by atoms with Gasteiger partial charge in [-0.15, -0.1) is 12.4 Å². The third kappa shape index (κ3) is 3.96. The predicted molar refractivity (Wildman–Crippen MR) is 102 cm³/mol. The molecule has 2 fully saturated rings. The molecular formula is C18H22ClN5O3. The number of aromatic nitrogens is 2. The van der Waals surface area contributed by atoms with E-state index < -0.39 is 4.92 Å². The van der Waals surface area contributed by atoms with Crippen LogP contribution in [0.1, 0.15) is 23.2 Å². The molecule has 2 saturated heterocycles. The van der Waals surface area contributed by atoms with Gasteiger partial charge in [-0.05, 0) is 49.9 Å². The molecule has 4 rings (SSSR count). The van der Waals surface area contributed by atoms with Crippen molar-refractivity contribution in [1.29, 1.82) is 0 Å².